The van der Waals surface area contributed by atoms with Gasteiger partial charge in [0.1, 0.15) is 18.1 Å². The highest BCUT2D eigenvalue weighted by Crippen LogP contribution is 2.28. The van der Waals surface area contributed by atoms with Gasteiger partial charge in [0.2, 0.25) is 5.91 Å². The fourth-order valence-corrected chi connectivity index (χ4v) is 5.20. The number of benzene rings is 3. The zero-order chi connectivity index (χ0) is 24.1. The molecule has 0 radical (unpaired) electrons. The predicted octanol–water partition coefficient (Wildman–Crippen LogP) is 4.78. The second kappa shape index (κ2) is 9.93. The van der Waals surface area contributed by atoms with E-state index in [1.54, 1.807) is 60.7 Å². The first kappa shape index (κ1) is 23.3. The summed E-state index contributed by atoms with van der Waals surface area (Å²) in [6.07, 6.45) is 1.53. The number of ether oxygens (including phenoxy) is 1. The van der Waals surface area contributed by atoms with Crippen LogP contribution in [-0.4, -0.2) is 32.5 Å². The molecular weight excluding hydrogens is 450 g/mol. The molecule has 0 saturated heterocycles. The molecule has 4 rings (SSSR count). The third kappa shape index (κ3) is 5.02. The summed E-state index contributed by atoms with van der Waals surface area (Å²) in [5.74, 6) is 0.371. The second-order valence-corrected chi connectivity index (χ2v) is 9.52. The van der Waals surface area contributed by atoms with Gasteiger partial charge >= 0.3 is 0 Å². The number of nitrogens with one attached hydrogen (secondary N) is 1. The van der Waals surface area contributed by atoms with Gasteiger partial charge in [-0.25, -0.2) is 17.7 Å². The molecule has 34 heavy (non-hydrogen) atoms. The molecule has 1 aromatic heterocycles. The van der Waals surface area contributed by atoms with Gasteiger partial charge in [-0.3, -0.25) is 4.79 Å². The van der Waals surface area contributed by atoms with Crippen molar-refractivity contribution >= 4 is 38.2 Å². The molecule has 0 fully saturated rings. The van der Waals surface area contributed by atoms with Crippen molar-refractivity contribution in [2.45, 2.75) is 18.7 Å². The molecule has 7 nitrogen and oxygen atoms in total. The summed E-state index contributed by atoms with van der Waals surface area (Å²) in [7, 11) is -4.11. The van der Waals surface area contributed by atoms with Gasteiger partial charge in [-0.05, 0) is 67.3 Å². The molecule has 174 valence electrons. The molecule has 0 aliphatic heterocycles. The minimum absolute atomic E-state index is 0.114. The number of fused-ring (bicyclic) bond motifs is 1. The Balaban J connectivity index is 1.69. The quantitative estimate of drug-likeness (QED) is 0.396. The van der Waals surface area contributed by atoms with Crippen LogP contribution in [0.5, 0.6) is 5.75 Å². The number of sulfonamides is 1. The highest BCUT2D eigenvalue weighted by Gasteiger charge is 2.29. The Bertz CT molecular complexity index is 1410. The molecule has 8 heteroatoms. The Morgan fingerprint density at radius 3 is 2.47 bits per heavy atom. The Hall–Kier alpha value is -3.91. The SMILES string of the molecule is CCOc1ccc(NC(=O)CN(c2cc(C)ccn2)S(=O)(=O)c2cccc3ccccc23)cc1. The molecule has 0 unspecified atom stereocenters. The average molecular weight is 476 g/mol. The van der Waals surface area contributed by atoms with E-state index in [1.807, 2.05) is 32.0 Å². The lowest BCUT2D eigenvalue weighted by molar-refractivity contribution is -0.114. The van der Waals surface area contributed by atoms with Gasteiger partial charge in [0, 0.05) is 17.3 Å². The molecule has 0 saturated carbocycles. The first-order valence-corrected chi connectivity index (χ1v) is 12.3. The summed E-state index contributed by atoms with van der Waals surface area (Å²) in [5, 5.41) is 4.13. The number of anilines is 2. The van der Waals surface area contributed by atoms with Crippen LogP contribution in [0.4, 0.5) is 11.5 Å². The van der Waals surface area contributed by atoms with Gasteiger partial charge in [0.15, 0.2) is 0 Å². The lowest BCUT2D eigenvalue weighted by Gasteiger charge is -2.24. The Labute approximate surface area is 199 Å². The molecule has 0 aliphatic rings. The summed E-state index contributed by atoms with van der Waals surface area (Å²) in [6, 6.07) is 22.6. The number of pyridine rings is 1. The number of carbonyl (C=O) groups excluding carboxylic acids is 1. The van der Waals surface area contributed by atoms with Crippen LogP contribution in [0.2, 0.25) is 0 Å². The van der Waals surface area contributed by atoms with E-state index in [2.05, 4.69) is 10.3 Å². The third-order valence-corrected chi connectivity index (χ3v) is 7.02. The second-order valence-electron chi connectivity index (χ2n) is 7.69. The molecule has 1 amide bonds. The van der Waals surface area contributed by atoms with Crippen LogP contribution in [0.1, 0.15) is 12.5 Å². The van der Waals surface area contributed by atoms with Crippen LogP contribution in [-0.2, 0) is 14.8 Å². The predicted molar refractivity (Wildman–Crippen MR) is 134 cm³/mol. The summed E-state index contributed by atoms with van der Waals surface area (Å²) in [4.78, 5) is 17.3. The van der Waals surface area contributed by atoms with E-state index in [0.717, 1.165) is 15.3 Å². The molecule has 4 aromatic rings. The molecule has 0 spiro atoms. The molecule has 0 aliphatic carbocycles. The number of aromatic nitrogens is 1. The number of amides is 1. The molecule has 1 N–H and O–H groups in total. The van der Waals surface area contributed by atoms with E-state index in [4.69, 9.17) is 4.74 Å². The third-order valence-electron chi connectivity index (χ3n) is 5.21. The molecule has 0 atom stereocenters. The van der Waals surface area contributed by atoms with Gasteiger partial charge in [0.25, 0.3) is 10.0 Å². The van der Waals surface area contributed by atoms with Crippen molar-refractivity contribution in [3.05, 3.63) is 90.6 Å². The smallest absolute Gasteiger partial charge is 0.266 e. The maximum absolute atomic E-state index is 13.9. The van der Waals surface area contributed by atoms with Crippen molar-refractivity contribution in [3.63, 3.8) is 0 Å². The zero-order valence-electron chi connectivity index (χ0n) is 18.9. The lowest BCUT2D eigenvalue weighted by Crippen LogP contribution is -2.38. The maximum atomic E-state index is 13.9. The number of hydrogen-bond donors (Lipinski definition) is 1. The number of rotatable bonds is 8. The molecule has 0 bridgehead atoms. The Kier molecular flexibility index (Phi) is 6.79. The van der Waals surface area contributed by atoms with Crippen molar-refractivity contribution in [3.8, 4) is 5.75 Å². The maximum Gasteiger partial charge on any atom is 0.266 e. The minimum atomic E-state index is -4.11. The van der Waals surface area contributed by atoms with E-state index in [-0.39, 0.29) is 10.7 Å². The number of aryl methyl sites for hydroxylation is 1. The van der Waals surface area contributed by atoms with Gasteiger partial charge in [-0.2, -0.15) is 0 Å². The van der Waals surface area contributed by atoms with Gasteiger partial charge in [-0.15, -0.1) is 0 Å². The normalized spacial score (nSPS) is 11.2. The van der Waals surface area contributed by atoms with Crippen LogP contribution in [0, 0.1) is 6.92 Å². The van der Waals surface area contributed by atoms with E-state index in [9.17, 15) is 13.2 Å². The zero-order valence-corrected chi connectivity index (χ0v) is 19.7. The fraction of sp³-hybridized carbons (Fsp3) is 0.154. The highest BCUT2D eigenvalue weighted by atomic mass is 32.2. The lowest BCUT2D eigenvalue weighted by atomic mass is 10.1. The van der Waals surface area contributed by atoms with Crippen molar-refractivity contribution in [2.75, 3.05) is 22.8 Å². The summed E-state index contributed by atoms with van der Waals surface area (Å²) >= 11 is 0. The van der Waals surface area contributed by atoms with Crippen LogP contribution in [0.25, 0.3) is 10.8 Å². The fourth-order valence-electron chi connectivity index (χ4n) is 3.62. The van der Waals surface area contributed by atoms with E-state index in [1.165, 1.54) is 6.20 Å². The first-order valence-electron chi connectivity index (χ1n) is 10.8. The summed E-state index contributed by atoms with van der Waals surface area (Å²) in [6.45, 7) is 3.83. The molecule has 1 heterocycles. The standard InChI is InChI=1S/C26H25N3O4S/c1-3-33-22-13-11-21(12-14-22)28-26(30)18-29(25-17-19(2)15-16-27-25)34(31,32)24-10-6-8-20-7-4-5-9-23(20)24/h4-17H,3,18H2,1-2H3,(H,28,30). The Morgan fingerprint density at radius 2 is 1.74 bits per heavy atom. The van der Waals surface area contributed by atoms with Crippen molar-refractivity contribution < 1.29 is 17.9 Å². The van der Waals surface area contributed by atoms with Crippen molar-refractivity contribution in [2.24, 2.45) is 0 Å². The first-order chi connectivity index (χ1) is 16.4. The number of hydrogen-bond acceptors (Lipinski definition) is 5. The average Bonchev–Trinajstić information content (AvgIpc) is 2.83. The Morgan fingerprint density at radius 1 is 1.00 bits per heavy atom. The van der Waals surface area contributed by atoms with Crippen molar-refractivity contribution in [1.29, 1.82) is 0 Å². The molecular formula is C26H25N3O4S. The largest absolute Gasteiger partial charge is 0.494 e. The van der Waals surface area contributed by atoms with Crippen LogP contribution in [0.3, 0.4) is 0 Å². The van der Waals surface area contributed by atoms with Crippen LogP contribution in [0.15, 0.2) is 90.0 Å². The van der Waals surface area contributed by atoms with Crippen LogP contribution < -0.4 is 14.4 Å². The van der Waals surface area contributed by atoms with E-state index >= 15 is 0 Å². The minimum Gasteiger partial charge on any atom is -0.494 e. The van der Waals surface area contributed by atoms with Crippen LogP contribution >= 0.6 is 0 Å². The topological polar surface area (TPSA) is 88.6 Å². The van der Waals surface area contributed by atoms with Gasteiger partial charge in [0.05, 0.1) is 11.5 Å². The number of carbonyl (C=O) groups is 1. The van der Waals surface area contributed by atoms with E-state index < -0.39 is 22.5 Å². The van der Waals surface area contributed by atoms with Gasteiger partial charge < -0.3 is 10.1 Å². The highest BCUT2D eigenvalue weighted by molar-refractivity contribution is 7.93. The number of nitrogens with zero attached hydrogens (tertiary/aromatic N) is 2. The summed E-state index contributed by atoms with van der Waals surface area (Å²) in [5.41, 5.74) is 1.36. The monoisotopic (exact) mass is 475 g/mol. The molecule has 3 aromatic carbocycles. The van der Waals surface area contributed by atoms with Gasteiger partial charge in [-0.1, -0.05) is 36.4 Å². The van der Waals surface area contributed by atoms with E-state index in [0.29, 0.717) is 23.4 Å². The summed E-state index contributed by atoms with van der Waals surface area (Å²) < 4.78 is 34.2. The van der Waals surface area contributed by atoms with Crippen molar-refractivity contribution in [1.82, 2.24) is 4.98 Å².